The molecule has 0 radical (unpaired) electrons. The summed E-state index contributed by atoms with van der Waals surface area (Å²) >= 11 is 0. The van der Waals surface area contributed by atoms with Crippen LogP contribution in [-0.2, 0) is 4.79 Å². The maximum atomic E-state index is 13.0. The van der Waals surface area contributed by atoms with E-state index in [0.29, 0.717) is 37.5 Å². The van der Waals surface area contributed by atoms with E-state index < -0.39 is 11.4 Å². The minimum atomic E-state index is -0.883. The number of fused-ring (bicyclic) bond motifs is 1. The third-order valence-corrected chi connectivity index (χ3v) is 5.51. The van der Waals surface area contributed by atoms with Crippen molar-refractivity contribution in [2.45, 2.75) is 6.92 Å². The van der Waals surface area contributed by atoms with E-state index in [4.69, 9.17) is 4.74 Å². The summed E-state index contributed by atoms with van der Waals surface area (Å²) in [5.41, 5.74) is 0.471. The minimum absolute atomic E-state index is 0.0557. The highest BCUT2D eigenvalue weighted by atomic mass is 16.5. The molecule has 0 aromatic heterocycles. The third-order valence-electron chi connectivity index (χ3n) is 5.51. The monoisotopic (exact) mass is 344 g/mol. The van der Waals surface area contributed by atoms with Crippen LogP contribution in [0.4, 0.5) is 0 Å². The Balaban J connectivity index is 1.84. The standard InChI is InChI=1S/C19H24N2O4/c1-4-8-20-9-14-10-21(12-19(14,11-20)18(23)24)17(22)15-6-5-7-16(25-3)13(15)2/h4-7,14H,1,8-12H2,2-3H3,(H,23,24)/t14-,19-/m1/s1. The summed E-state index contributed by atoms with van der Waals surface area (Å²) in [5, 5.41) is 9.86. The average Bonchev–Trinajstić information content (AvgIpc) is 3.10. The highest BCUT2D eigenvalue weighted by Gasteiger charge is 2.58. The van der Waals surface area contributed by atoms with Crippen LogP contribution in [0.3, 0.4) is 0 Å². The SMILES string of the molecule is C=CCN1C[C@@H]2CN(C(=O)c3cccc(OC)c3C)C[C@]2(C(=O)O)C1. The number of rotatable bonds is 5. The molecule has 2 fully saturated rings. The number of nitrogens with zero attached hydrogens (tertiary/aromatic N) is 2. The van der Waals surface area contributed by atoms with Gasteiger partial charge >= 0.3 is 5.97 Å². The van der Waals surface area contributed by atoms with Crippen molar-refractivity contribution in [3.63, 3.8) is 0 Å². The number of carboxylic acids is 1. The van der Waals surface area contributed by atoms with Gasteiger partial charge in [0.25, 0.3) is 5.91 Å². The molecule has 0 saturated carbocycles. The van der Waals surface area contributed by atoms with Gasteiger partial charge in [-0.25, -0.2) is 0 Å². The number of carbonyl (C=O) groups excluding carboxylic acids is 1. The zero-order valence-electron chi connectivity index (χ0n) is 14.7. The Hall–Kier alpha value is -2.34. The van der Waals surface area contributed by atoms with Crippen LogP contribution in [0, 0.1) is 18.3 Å². The third kappa shape index (κ3) is 2.80. The van der Waals surface area contributed by atoms with Gasteiger partial charge in [-0.1, -0.05) is 12.1 Å². The Kier molecular flexibility index (Phi) is 4.56. The second-order valence-corrected chi connectivity index (χ2v) is 6.96. The molecular weight excluding hydrogens is 320 g/mol. The molecule has 2 atom stereocenters. The van der Waals surface area contributed by atoms with Gasteiger partial charge in [0.1, 0.15) is 11.2 Å². The summed E-state index contributed by atoms with van der Waals surface area (Å²) in [6.07, 6.45) is 1.79. The van der Waals surface area contributed by atoms with E-state index >= 15 is 0 Å². The van der Waals surface area contributed by atoms with Crippen LogP contribution in [-0.4, -0.2) is 66.6 Å². The van der Waals surface area contributed by atoms with E-state index in [0.717, 1.165) is 5.56 Å². The van der Waals surface area contributed by atoms with Crippen LogP contribution in [0.2, 0.25) is 0 Å². The van der Waals surface area contributed by atoms with Crippen LogP contribution in [0.15, 0.2) is 30.9 Å². The van der Waals surface area contributed by atoms with Crippen molar-refractivity contribution in [2.24, 2.45) is 11.3 Å². The van der Waals surface area contributed by atoms with Gasteiger partial charge in [-0.05, 0) is 19.1 Å². The number of methoxy groups -OCH3 is 1. The van der Waals surface area contributed by atoms with Gasteiger partial charge in [0.05, 0.1) is 7.11 Å². The molecule has 1 N–H and O–H groups in total. The van der Waals surface area contributed by atoms with E-state index in [1.165, 1.54) is 0 Å². The normalized spacial score (nSPS) is 25.7. The molecule has 25 heavy (non-hydrogen) atoms. The lowest BCUT2D eigenvalue weighted by molar-refractivity contribution is -0.148. The summed E-state index contributed by atoms with van der Waals surface area (Å²) in [6.45, 7) is 8.10. The second-order valence-electron chi connectivity index (χ2n) is 6.96. The largest absolute Gasteiger partial charge is 0.496 e. The molecule has 0 spiro atoms. The quantitative estimate of drug-likeness (QED) is 0.823. The predicted octanol–water partition coefficient (Wildman–Crippen LogP) is 1.65. The lowest BCUT2D eigenvalue weighted by Gasteiger charge is -2.25. The average molecular weight is 344 g/mol. The van der Waals surface area contributed by atoms with Crippen molar-refractivity contribution in [3.05, 3.63) is 42.0 Å². The highest BCUT2D eigenvalue weighted by Crippen LogP contribution is 2.43. The van der Waals surface area contributed by atoms with Gasteiger partial charge in [-0.15, -0.1) is 6.58 Å². The molecule has 0 aliphatic carbocycles. The van der Waals surface area contributed by atoms with Crippen molar-refractivity contribution >= 4 is 11.9 Å². The molecule has 6 nitrogen and oxygen atoms in total. The first-order valence-electron chi connectivity index (χ1n) is 8.42. The van der Waals surface area contributed by atoms with Crippen molar-refractivity contribution in [1.29, 1.82) is 0 Å². The summed E-state index contributed by atoms with van der Waals surface area (Å²) in [4.78, 5) is 28.8. The van der Waals surface area contributed by atoms with Gasteiger partial charge in [-0.2, -0.15) is 0 Å². The van der Waals surface area contributed by atoms with E-state index in [1.807, 2.05) is 13.0 Å². The molecule has 1 amide bonds. The van der Waals surface area contributed by atoms with Gasteiger partial charge in [0.2, 0.25) is 0 Å². The number of hydrogen-bond donors (Lipinski definition) is 1. The zero-order valence-corrected chi connectivity index (χ0v) is 14.7. The number of hydrogen-bond acceptors (Lipinski definition) is 4. The first-order valence-corrected chi connectivity index (χ1v) is 8.42. The molecule has 0 bridgehead atoms. The van der Waals surface area contributed by atoms with Crippen LogP contribution in [0.25, 0.3) is 0 Å². The summed E-state index contributed by atoms with van der Waals surface area (Å²) < 4.78 is 5.29. The van der Waals surface area contributed by atoms with E-state index in [1.54, 1.807) is 30.2 Å². The Morgan fingerprint density at radius 2 is 2.16 bits per heavy atom. The molecule has 2 aliphatic heterocycles. The van der Waals surface area contributed by atoms with E-state index in [2.05, 4.69) is 11.5 Å². The summed E-state index contributed by atoms with van der Waals surface area (Å²) in [6, 6.07) is 5.37. The summed E-state index contributed by atoms with van der Waals surface area (Å²) in [7, 11) is 1.57. The Morgan fingerprint density at radius 1 is 1.40 bits per heavy atom. The second kappa shape index (κ2) is 6.52. The number of carboxylic acid groups (broad SMARTS) is 1. The maximum Gasteiger partial charge on any atom is 0.313 e. The molecule has 6 heteroatoms. The fraction of sp³-hybridized carbons (Fsp3) is 0.474. The lowest BCUT2D eigenvalue weighted by Crippen LogP contribution is -2.42. The molecule has 2 aliphatic rings. The highest BCUT2D eigenvalue weighted by molar-refractivity contribution is 5.97. The first-order chi connectivity index (χ1) is 11.9. The van der Waals surface area contributed by atoms with Gasteiger partial charge < -0.3 is 14.7 Å². The van der Waals surface area contributed by atoms with Gasteiger partial charge in [0, 0.05) is 49.8 Å². The topological polar surface area (TPSA) is 70.1 Å². The lowest BCUT2D eigenvalue weighted by atomic mass is 9.81. The Bertz CT molecular complexity index is 717. The molecule has 3 rings (SSSR count). The fourth-order valence-electron chi connectivity index (χ4n) is 4.19. The number of benzene rings is 1. The van der Waals surface area contributed by atoms with E-state index in [-0.39, 0.29) is 18.4 Å². The number of likely N-dealkylation sites (tertiary alicyclic amines) is 2. The predicted molar refractivity (Wildman–Crippen MR) is 93.8 cm³/mol. The van der Waals surface area contributed by atoms with Crippen LogP contribution >= 0.6 is 0 Å². The van der Waals surface area contributed by atoms with Crippen molar-refractivity contribution in [2.75, 3.05) is 39.8 Å². The number of amides is 1. The number of carbonyl (C=O) groups is 2. The van der Waals surface area contributed by atoms with Gasteiger partial charge in [0.15, 0.2) is 0 Å². The van der Waals surface area contributed by atoms with Crippen molar-refractivity contribution in [3.8, 4) is 5.75 Å². The molecule has 2 heterocycles. The minimum Gasteiger partial charge on any atom is -0.496 e. The molecule has 0 unspecified atom stereocenters. The maximum absolute atomic E-state index is 13.0. The Labute approximate surface area is 147 Å². The number of aliphatic carboxylic acids is 1. The molecular formula is C19H24N2O4. The zero-order chi connectivity index (χ0) is 18.2. The molecule has 1 aromatic rings. The van der Waals surface area contributed by atoms with Crippen molar-refractivity contribution in [1.82, 2.24) is 9.80 Å². The smallest absolute Gasteiger partial charge is 0.313 e. The van der Waals surface area contributed by atoms with Gasteiger partial charge in [-0.3, -0.25) is 14.5 Å². The molecule has 1 aromatic carbocycles. The molecule has 134 valence electrons. The van der Waals surface area contributed by atoms with Crippen LogP contribution in [0.5, 0.6) is 5.75 Å². The summed E-state index contributed by atoms with van der Waals surface area (Å²) in [5.74, 6) is -0.335. The fourth-order valence-corrected chi connectivity index (χ4v) is 4.19. The van der Waals surface area contributed by atoms with Crippen LogP contribution in [0.1, 0.15) is 15.9 Å². The first kappa shape index (κ1) is 17.5. The van der Waals surface area contributed by atoms with Crippen LogP contribution < -0.4 is 4.74 Å². The Morgan fingerprint density at radius 3 is 2.76 bits per heavy atom. The van der Waals surface area contributed by atoms with E-state index in [9.17, 15) is 14.7 Å². The number of ether oxygens (including phenoxy) is 1. The molecule has 2 saturated heterocycles. The van der Waals surface area contributed by atoms with Crippen molar-refractivity contribution < 1.29 is 19.4 Å².